The van der Waals surface area contributed by atoms with Crippen molar-refractivity contribution in [2.45, 2.75) is 44.8 Å². The number of carbonyl (C=O) groups is 1. The summed E-state index contributed by atoms with van der Waals surface area (Å²) in [4.78, 5) is 17.0. The molecule has 0 saturated carbocycles. The van der Waals surface area contributed by atoms with Crippen molar-refractivity contribution in [1.82, 2.24) is 9.88 Å². The van der Waals surface area contributed by atoms with Gasteiger partial charge in [-0.3, -0.25) is 10.4 Å². The molecule has 2 N–H and O–H groups in total. The average molecular weight is 355 g/mol. The number of nitrogens with one attached hydrogen (secondary N) is 2. The minimum Gasteiger partial charge on any atom is -0.444 e. The summed E-state index contributed by atoms with van der Waals surface area (Å²) in [5.74, 6) is -3.10. The maximum atomic E-state index is 14.5. The zero-order chi connectivity index (χ0) is 18.7. The summed E-state index contributed by atoms with van der Waals surface area (Å²) in [5.41, 5.74) is 2.85. The van der Waals surface area contributed by atoms with Crippen LogP contribution in [0, 0.1) is 0 Å². The number of hydrazone groups is 1. The molecule has 2 rings (SSSR count). The van der Waals surface area contributed by atoms with E-state index in [1.165, 1.54) is 12.4 Å². The van der Waals surface area contributed by atoms with E-state index >= 15 is 0 Å². The zero-order valence-corrected chi connectivity index (χ0v) is 14.6. The summed E-state index contributed by atoms with van der Waals surface area (Å²) >= 11 is 0. The Morgan fingerprint density at radius 3 is 2.72 bits per heavy atom. The van der Waals surface area contributed by atoms with Crippen LogP contribution in [0.15, 0.2) is 23.6 Å². The van der Waals surface area contributed by atoms with E-state index in [1.807, 2.05) is 0 Å². The van der Waals surface area contributed by atoms with Gasteiger partial charge in [-0.05, 0) is 33.3 Å². The molecule has 138 valence electrons. The molecule has 1 aromatic rings. The summed E-state index contributed by atoms with van der Waals surface area (Å²) in [7, 11) is 0. The van der Waals surface area contributed by atoms with Crippen molar-refractivity contribution >= 4 is 24.2 Å². The number of likely N-dealkylation sites (tertiary alicyclic amines) is 1. The molecule has 7 nitrogen and oxygen atoms in total. The third-order valence-corrected chi connectivity index (χ3v) is 3.54. The van der Waals surface area contributed by atoms with Crippen LogP contribution in [-0.4, -0.2) is 53.3 Å². The minimum absolute atomic E-state index is 0.0869. The summed E-state index contributed by atoms with van der Waals surface area (Å²) in [6.07, 6.45) is 2.31. The molecule has 1 aliphatic rings. The lowest BCUT2D eigenvalue weighted by Crippen LogP contribution is -2.56. The molecule has 1 saturated heterocycles. The fraction of sp³-hybridized carbons (Fsp3) is 0.562. The zero-order valence-electron chi connectivity index (χ0n) is 14.6. The number of amides is 1. The van der Waals surface area contributed by atoms with Gasteiger partial charge in [0, 0.05) is 13.3 Å². The summed E-state index contributed by atoms with van der Waals surface area (Å²) in [5, 5.41) is 6.29. The smallest absolute Gasteiger partial charge is 0.410 e. The number of rotatable bonds is 4. The molecule has 1 unspecified atom stereocenters. The Hall–Kier alpha value is -2.45. The number of nitrogens with zero attached hydrogens (tertiary/aromatic N) is 3. The number of halogens is 2. The van der Waals surface area contributed by atoms with Gasteiger partial charge in [-0.25, -0.2) is 13.6 Å². The van der Waals surface area contributed by atoms with Gasteiger partial charge >= 0.3 is 6.09 Å². The highest BCUT2D eigenvalue weighted by Gasteiger charge is 2.46. The minimum atomic E-state index is -3.10. The number of ether oxygens (including phenoxy) is 1. The van der Waals surface area contributed by atoms with Gasteiger partial charge in [-0.1, -0.05) is 0 Å². The summed E-state index contributed by atoms with van der Waals surface area (Å²) in [6, 6.07) is 0.498. The quantitative estimate of drug-likeness (QED) is 0.641. The standard InChI is InChI=1S/C16H23F2N5O2/c1-15(2,3)25-14(24)23-6-5-13(16(17,18)10-23)21-11-7-12(22-19-4)9-20-8-11/h7-9,13,21-22H,4-6,10H2,1-3H3. The van der Waals surface area contributed by atoms with Gasteiger partial charge in [0.15, 0.2) is 0 Å². The van der Waals surface area contributed by atoms with Crippen LogP contribution in [0.25, 0.3) is 0 Å². The molecule has 1 aliphatic heterocycles. The molecule has 0 aliphatic carbocycles. The fourth-order valence-electron chi connectivity index (χ4n) is 2.47. The number of pyridine rings is 1. The molecule has 1 amide bonds. The van der Waals surface area contributed by atoms with E-state index < -0.39 is 30.2 Å². The SMILES string of the molecule is C=NNc1cncc(NC2CCN(C(=O)OC(C)(C)C)CC2(F)F)c1. The van der Waals surface area contributed by atoms with Crippen molar-refractivity contribution in [1.29, 1.82) is 0 Å². The number of piperidine rings is 1. The lowest BCUT2D eigenvalue weighted by Gasteiger charge is -2.39. The summed E-state index contributed by atoms with van der Waals surface area (Å²) in [6.45, 7) is 7.88. The Morgan fingerprint density at radius 1 is 1.44 bits per heavy atom. The van der Waals surface area contributed by atoms with Crippen LogP contribution < -0.4 is 10.7 Å². The van der Waals surface area contributed by atoms with Gasteiger partial charge in [0.05, 0.1) is 36.4 Å². The highest BCUT2D eigenvalue weighted by Crippen LogP contribution is 2.31. The van der Waals surface area contributed by atoms with Crippen LogP contribution in [-0.2, 0) is 4.74 Å². The van der Waals surface area contributed by atoms with Crippen LogP contribution in [0.4, 0.5) is 25.0 Å². The molecule has 1 aromatic heterocycles. The molecule has 0 spiro atoms. The van der Waals surface area contributed by atoms with Crippen LogP contribution >= 0.6 is 0 Å². The second-order valence-electron chi connectivity index (χ2n) is 6.88. The van der Waals surface area contributed by atoms with Crippen molar-refractivity contribution in [2.75, 3.05) is 23.8 Å². The van der Waals surface area contributed by atoms with E-state index in [0.29, 0.717) is 11.4 Å². The van der Waals surface area contributed by atoms with Crippen LogP contribution in [0.2, 0.25) is 0 Å². The fourth-order valence-corrected chi connectivity index (χ4v) is 2.47. The van der Waals surface area contributed by atoms with Crippen molar-refractivity contribution < 1.29 is 18.3 Å². The Kier molecular flexibility index (Phi) is 5.44. The molecule has 1 atom stereocenters. The van der Waals surface area contributed by atoms with Gasteiger partial charge in [0.2, 0.25) is 0 Å². The molecule has 0 bridgehead atoms. The first-order chi connectivity index (χ1) is 11.6. The van der Waals surface area contributed by atoms with Gasteiger partial charge in [0.25, 0.3) is 5.92 Å². The van der Waals surface area contributed by atoms with Crippen LogP contribution in [0.3, 0.4) is 0 Å². The number of hydrogen-bond donors (Lipinski definition) is 2. The van der Waals surface area contributed by atoms with Crippen LogP contribution in [0.1, 0.15) is 27.2 Å². The van der Waals surface area contributed by atoms with E-state index in [2.05, 4.69) is 27.5 Å². The predicted octanol–water partition coefficient (Wildman–Crippen LogP) is 3.17. The molecule has 2 heterocycles. The Morgan fingerprint density at radius 2 is 2.12 bits per heavy atom. The van der Waals surface area contributed by atoms with Gasteiger partial charge in [-0.2, -0.15) is 5.10 Å². The second-order valence-corrected chi connectivity index (χ2v) is 6.88. The largest absolute Gasteiger partial charge is 0.444 e. The van der Waals surface area contributed by atoms with Crippen molar-refractivity contribution in [3.05, 3.63) is 18.5 Å². The molecular weight excluding hydrogens is 332 g/mol. The molecule has 0 radical (unpaired) electrons. The normalized spacial score (nSPS) is 19.9. The Bertz CT molecular complexity index is 633. The molecular formula is C16H23F2N5O2. The van der Waals surface area contributed by atoms with Gasteiger partial charge in [0.1, 0.15) is 5.60 Å². The van der Waals surface area contributed by atoms with E-state index in [-0.39, 0.29) is 13.0 Å². The predicted molar refractivity (Wildman–Crippen MR) is 92.2 cm³/mol. The molecule has 0 aromatic carbocycles. The first-order valence-electron chi connectivity index (χ1n) is 7.90. The third kappa shape index (κ3) is 5.27. The highest BCUT2D eigenvalue weighted by molar-refractivity contribution is 5.68. The van der Waals surface area contributed by atoms with Gasteiger partial charge in [-0.15, -0.1) is 0 Å². The van der Waals surface area contributed by atoms with Crippen molar-refractivity contribution in [2.24, 2.45) is 5.10 Å². The first kappa shape index (κ1) is 18.9. The number of hydrogen-bond acceptors (Lipinski definition) is 6. The van der Waals surface area contributed by atoms with E-state index in [1.54, 1.807) is 26.8 Å². The number of anilines is 2. The maximum Gasteiger partial charge on any atom is 0.410 e. The molecule has 25 heavy (non-hydrogen) atoms. The Labute approximate surface area is 145 Å². The number of aromatic nitrogens is 1. The van der Waals surface area contributed by atoms with Gasteiger partial charge < -0.3 is 15.0 Å². The van der Waals surface area contributed by atoms with E-state index in [9.17, 15) is 13.6 Å². The monoisotopic (exact) mass is 355 g/mol. The number of carbonyl (C=O) groups excluding carboxylic acids is 1. The van der Waals surface area contributed by atoms with Crippen molar-refractivity contribution in [3.63, 3.8) is 0 Å². The Balaban J connectivity index is 2.02. The maximum absolute atomic E-state index is 14.5. The molecule has 9 heteroatoms. The van der Waals surface area contributed by atoms with E-state index in [4.69, 9.17) is 4.74 Å². The summed E-state index contributed by atoms with van der Waals surface area (Å²) < 4.78 is 34.1. The second kappa shape index (κ2) is 7.20. The van der Waals surface area contributed by atoms with E-state index in [0.717, 1.165) is 4.90 Å². The average Bonchev–Trinajstić information content (AvgIpc) is 2.48. The highest BCUT2D eigenvalue weighted by atomic mass is 19.3. The molecule has 1 fully saturated rings. The van der Waals surface area contributed by atoms with Crippen LogP contribution in [0.5, 0.6) is 0 Å². The lowest BCUT2D eigenvalue weighted by atomic mass is 10.0. The number of alkyl halides is 2. The first-order valence-corrected chi connectivity index (χ1v) is 7.90. The third-order valence-electron chi connectivity index (χ3n) is 3.54. The lowest BCUT2D eigenvalue weighted by molar-refractivity contribution is -0.0770. The topological polar surface area (TPSA) is 78.9 Å². The van der Waals surface area contributed by atoms with Crippen molar-refractivity contribution in [3.8, 4) is 0 Å².